The Bertz CT molecular complexity index is 2500. The molecule has 9 rings (SSSR count). The molecule has 5 aromatic carbocycles. The van der Waals surface area contributed by atoms with Crippen LogP contribution in [-0.2, 0) is 0 Å². The van der Waals surface area contributed by atoms with E-state index in [1.807, 2.05) is 84.9 Å². The van der Waals surface area contributed by atoms with Crippen molar-refractivity contribution in [1.29, 1.82) is 0 Å². The zero-order chi connectivity index (χ0) is 31.2. The number of hydrogen-bond donors (Lipinski definition) is 0. The van der Waals surface area contributed by atoms with Gasteiger partial charge in [-0.05, 0) is 41.5 Å². The number of para-hydroxylation sites is 1. The SMILES string of the molecule is c1ccc(-c2nc(-c3ccccc3)nc(-c3ccc(-c4ccc5c(c4)oc4cnc(-c6ccc7ccccc7n6)cc45)cc3)n2)cc1. The molecule has 9 aromatic rings. The van der Waals surface area contributed by atoms with Gasteiger partial charge in [0.1, 0.15) is 5.58 Å². The van der Waals surface area contributed by atoms with Crippen molar-refractivity contribution in [3.8, 4) is 56.7 Å². The highest BCUT2D eigenvalue weighted by molar-refractivity contribution is 6.06. The quantitative estimate of drug-likeness (QED) is 0.195. The third kappa shape index (κ3) is 4.98. The van der Waals surface area contributed by atoms with Crippen LogP contribution in [0.2, 0.25) is 0 Å². The fourth-order valence-corrected chi connectivity index (χ4v) is 5.96. The second-order valence-corrected chi connectivity index (χ2v) is 11.4. The Morgan fingerprint density at radius 1 is 0.383 bits per heavy atom. The van der Waals surface area contributed by atoms with Gasteiger partial charge in [0, 0.05) is 32.8 Å². The van der Waals surface area contributed by atoms with Gasteiger partial charge in [0.25, 0.3) is 0 Å². The van der Waals surface area contributed by atoms with Crippen LogP contribution in [-0.4, -0.2) is 24.9 Å². The Kier molecular flexibility index (Phi) is 6.35. The van der Waals surface area contributed by atoms with Gasteiger partial charge < -0.3 is 4.42 Å². The summed E-state index contributed by atoms with van der Waals surface area (Å²) in [5.74, 6) is 1.91. The molecule has 0 spiro atoms. The molecular formula is C41H25N5O. The van der Waals surface area contributed by atoms with Crippen molar-refractivity contribution in [1.82, 2.24) is 24.9 Å². The summed E-state index contributed by atoms with van der Waals surface area (Å²) >= 11 is 0. The van der Waals surface area contributed by atoms with Gasteiger partial charge in [-0.2, -0.15) is 0 Å². The second kappa shape index (κ2) is 11.1. The smallest absolute Gasteiger partial charge is 0.164 e. The molecule has 0 bridgehead atoms. The van der Waals surface area contributed by atoms with Crippen molar-refractivity contribution >= 4 is 32.8 Å². The average Bonchev–Trinajstić information content (AvgIpc) is 3.52. The maximum Gasteiger partial charge on any atom is 0.164 e. The molecule has 0 radical (unpaired) electrons. The van der Waals surface area contributed by atoms with Gasteiger partial charge in [-0.25, -0.2) is 19.9 Å². The average molecular weight is 604 g/mol. The first kappa shape index (κ1) is 26.8. The van der Waals surface area contributed by atoms with Gasteiger partial charge in [-0.15, -0.1) is 0 Å². The van der Waals surface area contributed by atoms with Crippen LogP contribution in [0.1, 0.15) is 0 Å². The van der Waals surface area contributed by atoms with Crippen LogP contribution in [0.5, 0.6) is 0 Å². The van der Waals surface area contributed by atoms with E-state index in [-0.39, 0.29) is 0 Å². The minimum Gasteiger partial charge on any atom is -0.454 e. The van der Waals surface area contributed by atoms with E-state index in [4.69, 9.17) is 24.4 Å². The van der Waals surface area contributed by atoms with E-state index in [9.17, 15) is 0 Å². The topological polar surface area (TPSA) is 77.6 Å². The highest BCUT2D eigenvalue weighted by Crippen LogP contribution is 2.34. The van der Waals surface area contributed by atoms with Gasteiger partial charge in [0.2, 0.25) is 0 Å². The summed E-state index contributed by atoms with van der Waals surface area (Å²) in [4.78, 5) is 24.0. The maximum atomic E-state index is 6.27. The van der Waals surface area contributed by atoms with Crippen LogP contribution in [0.3, 0.4) is 0 Å². The van der Waals surface area contributed by atoms with Gasteiger partial charge >= 0.3 is 0 Å². The van der Waals surface area contributed by atoms with Crippen molar-refractivity contribution in [2.24, 2.45) is 0 Å². The largest absolute Gasteiger partial charge is 0.454 e. The first-order valence-electron chi connectivity index (χ1n) is 15.4. The zero-order valence-electron chi connectivity index (χ0n) is 25.1. The Labute approximate surface area is 270 Å². The summed E-state index contributed by atoms with van der Waals surface area (Å²) in [6, 6.07) is 48.9. The molecule has 0 N–H and O–H groups in total. The number of fused-ring (bicyclic) bond motifs is 4. The Balaban J connectivity index is 1.06. The molecule has 0 atom stereocenters. The van der Waals surface area contributed by atoms with E-state index in [1.165, 1.54) is 0 Å². The lowest BCUT2D eigenvalue weighted by molar-refractivity contribution is 0.667. The van der Waals surface area contributed by atoms with Gasteiger partial charge in [0.15, 0.2) is 23.1 Å². The molecule has 0 fully saturated rings. The monoisotopic (exact) mass is 603 g/mol. The lowest BCUT2D eigenvalue weighted by atomic mass is 10.0. The van der Waals surface area contributed by atoms with Crippen molar-refractivity contribution in [2.45, 2.75) is 0 Å². The highest BCUT2D eigenvalue weighted by atomic mass is 16.3. The maximum absolute atomic E-state index is 6.27. The van der Waals surface area contributed by atoms with Crippen LogP contribution in [0.25, 0.3) is 89.5 Å². The molecule has 4 aromatic heterocycles. The summed E-state index contributed by atoms with van der Waals surface area (Å²) in [7, 11) is 0. The number of furan rings is 1. The number of aromatic nitrogens is 5. The fourth-order valence-electron chi connectivity index (χ4n) is 5.96. The lowest BCUT2D eigenvalue weighted by Gasteiger charge is -2.09. The summed E-state index contributed by atoms with van der Waals surface area (Å²) in [5, 5.41) is 3.16. The molecule has 220 valence electrons. The summed E-state index contributed by atoms with van der Waals surface area (Å²) in [6.07, 6.45) is 1.79. The molecule has 0 unspecified atom stereocenters. The van der Waals surface area contributed by atoms with E-state index < -0.39 is 0 Å². The number of hydrogen-bond acceptors (Lipinski definition) is 6. The van der Waals surface area contributed by atoms with Crippen molar-refractivity contribution in [3.63, 3.8) is 0 Å². The lowest BCUT2D eigenvalue weighted by Crippen LogP contribution is -2.00. The summed E-state index contributed by atoms with van der Waals surface area (Å²) in [6.45, 7) is 0. The van der Waals surface area contributed by atoms with Crippen LogP contribution in [0, 0.1) is 0 Å². The van der Waals surface area contributed by atoms with E-state index in [1.54, 1.807) is 6.20 Å². The van der Waals surface area contributed by atoms with E-state index in [0.29, 0.717) is 17.5 Å². The highest BCUT2D eigenvalue weighted by Gasteiger charge is 2.14. The van der Waals surface area contributed by atoms with Crippen LogP contribution in [0.4, 0.5) is 0 Å². The third-order valence-corrected chi connectivity index (χ3v) is 8.40. The van der Waals surface area contributed by atoms with Crippen LogP contribution < -0.4 is 0 Å². The summed E-state index contributed by atoms with van der Waals surface area (Å²) < 4.78 is 6.27. The minimum absolute atomic E-state index is 0.626. The molecule has 0 aliphatic heterocycles. The Morgan fingerprint density at radius 3 is 1.68 bits per heavy atom. The number of rotatable bonds is 5. The molecule has 0 aliphatic rings. The second-order valence-electron chi connectivity index (χ2n) is 11.4. The Hall–Kier alpha value is -6.53. The first-order valence-corrected chi connectivity index (χ1v) is 15.4. The van der Waals surface area contributed by atoms with Crippen LogP contribution >= 0.6 is 0 Å². The predicted molar refractivity (Wildman–Crippen MR) is 187 cm³/mol. The minimum atomic E-state index is 0.626. The molecular weight excluding hydrogens is 578 g/mol. The fraction of sp³-hybridized carbons (Fsp3) is 0. The van der Waals surface area contributed by atoms with Gasteiger partial charge in [-0.3, -0.25) is 4.98 Å². The van der Waals surface area contributed by atoms with Gasteiger partial charge in [-0.1, -0.05) is 115 Å². The molecule has 6 nitrogen and oxygen atoms in total. The third-order valence-electron chi connectivity index (χ3n) is 8.40. The first-order chi connectivity index (χ1) is 23.2. The number of nitrogens with zero attached hydrogens (tertiary/aromatic N) is 5. The van der Waals surface area contributed by atoms with Crippen molar-refractivity contribution in [2.75, 3.05) is 0 Å². The molecule has 0 amide bonds. The summed E-state index contributed by atoms with van der Waals surface area (Å²) in [5.41, 5.74) is 9.07. The van der Waals surface area contributed by atoms with Crippen molar-refractivity contribution in [3.05, 3.63) is 152 Å². The Morgan fingerprint density at radius 2 is 0.979 bits per heavy atom. The molecule has 47 heavy (non-hydrogen) atoms. The standard InChI is InChI=1S/C41H25N5O/c1-3-10-28(11-4-1)39-44-40(29-12-5-2-6-13-29)46-41(45-39)30-17-15-26(16-18-30)31-19-21-32-33-24-36(42-25-38(33)47-37(32)23-31)35-22-20-27-9-7-8-14-34(27)43-35/h1-25H. The predicted octanol–water partition coefficient (Wildman–Crippen LogP) is 10.0. The van der Waals surface area contributed by atoms with Gasteiger partial charge in [0.05, 0.1) is 23.1 Å². The molecule has 0 saturated heterocycles. The van der Waals surface area contributed by atoms with E-state index >= 15 is 0 Å². The number of pyridine rings is 2. The van der Waals surface area contributed by atoms with E-state index in [2.05, 4.69) is 65.6 Å². The molecule has 4 heterocycles. The van der Waals surface area contributed by atoms with Crippen molar-refractivity contribution < 1.29 is 4.42 Å². The zero-order valence-corrected chi connectivity index (χ0v) is 25.1. The normalized spacial score (nSPS) is 11.4. The molecule has 6 heteroatoms. The molecule has 0 aliphatic carbocycles. The molecule has 0 saturated carbocycles. The van der Waals surface area contributed by atoms with E-state index in [0.717, 1.165) is 72.0 Å². The van der Waals surface area contributed by atoms with Crippen LogP contribution in [0.15, 0.2) is 156 Å². The number of benzene rings is 5.